The van der Waals surface area contributed by atoms with Gasteiger partial charge in [-0.05, 0) is 49.8 Å². The van der Waals surface area contributed by atoms with E-state index in [4.69, 9.17) is 0 Å². The standard InChI is InChI=1S/C18H28N2O.ClH/c1-4-15-5-7-16(8-6-15)13(2)11-18(21)20-17-9-10-19-14(3)12-17;/h5-8,13-14,17,19H,4,9-12H2,1-3H3,(H,20,21);1H. The normalized spacial score (nSPS) is 22.5. The summed E-state index contributed by atoms with van der Waals surface area (Å²) in [6.07, 6.45) is 3.70. The molecule has 2 rings (SSSR count). The molecule has 0 spiro atoms. The van der Waals surface area contributed by atoms with Crippen LogP contribution < -0.4 is 10.6 Å². The summed E-state index contributed by atoms with van der Waals surface area (Å²) in [5, 5.41) is 6.60. The molecule has 1 aromatic rings. The summed E-state index contributed by atoms with van der Waals surface area (Å²) in [4.78, 5) is 12.2. The lowest BCUT2D eigenvalue weighted by Crippen LogP contribution is -2.46. The molecule has 0 aliphatic carbocycles. The third-order valence-corrected chi connectivity index (χ3v) is 4.44. The average molecular weight is 325 g/mol. The van der Waals surface area contributed by atoms with E-state index in [0.717, 1.165) is 25.8 Å². The highest BCUT2D eigenvalue weighted by molar-refractivity contribution is 5.85. The van der Waals surface area contributed by atoms with E-state index in [1.165, 1.54) is 11.1 Å². The Labute approximate surface area is 140 Å². The molecule has 1 aliphatic heterocycles. The van der Waals surface area contributed by atoms with Crippen molar-refractivity contribution in [2.45, 2.75) is 64.5 Å². The third kappa shape index (κ3) is 5.62. The Hall–Kier alpha value is -1.06. The van der Waals surface area contributed by atoms with Gasteiger partial charge in [-0.3, -0.25) is 4.79 Å². The summed E-state index contributed by atoms with van der Waals surface area (Å²) in [6.45, 7) is 7.47. The smallest absolute Gasteiger partial charge is 0.220 e. The molecule has 0 radical (unpaired) electrons. The van der Waals surface area contributed by atoms with Gasteiger partial charge in [0.15, 0.2) is 0 Å². The Bertz CT molecular complexity index is 461. The highest BCUT2D eigenvalue weighted by Gasteiger charge is 2.20. The molecule has 0 aromatic heterocycles. The molecular weight excluding hydrogens is 296 g/mol. The highest BCUT2D eigenvalue weighted by atomic mass is 35.5. The van der Waals surface area contributed by atoms with E-state index in [-0.39, 0.29) is 24.2 Å². The second-order valence-corrected chi connectivity index (χ2v) is 6.34. The number of amides is 1. The van der Waals surface area contributed by atoms with Gasteiger partial charge in [0, 0.05) is 18.5 Å². The van der Waals surface area contributed by atoms with Gasteiger partial charge in [0.05, 0.1) is 0 Å². The first-order valence-corrected chi connectivity index (χ1v) is 8.20. The number of carbonyl (C=O) groups is 1. The van der Waals surface area contributed by atoms with E-state index in [1.54, 1.807) is 0 Å². The van der Waals surface area contributed by atoms with Gasteiger partial charge in [0.25, 0.3) is 0 Å². The zero-order chi connectivity index (χ0) is 15.2. The van der Waals surface area contributed by atoms with Crippen LogP contribution in [0, 0.1) is 0 Å². The minimum absolute atomic E-state index is 0. The maximum Gasteiger partial charge on any atom is 0.220 e. The predicted molar refractivity (Wildman–Crippen MR) is 94.7 cm³/mol. The van der Waals surface area contributed by atoms with E-state index in [0.29, 0.717) is 18.5 Å². The number of carbonyl (C=O) groups excluding carboxylic acids is 1. The first kappa shape index (κ1) is 19.0. The molecule has 1 amide bonds. The first-order chi connectivity index (χ1) is 10.1. The minimum Gasteiger partial charge on any atom is -0.353 e. The molecule has 1 heterocycles. The van der Waals surface area contributed by atoms with Gasteiger partial charge in [-0.2, -0.15) is 0 Å². The van der Waals surface area contributed by atoms with E-state index >= 15 is 0 Å². The largest absolute Gasteiger partial charge is 0.353 e. The number of hydrogen-bond donors (Lipinski definition) is 2. The third-order valence-electron chi connectivity index (χ3n) is 4.44. The Morgan fingerprint density at radius 3 is 2.64 bits per heavy atom. The van der Waals surface area contributed by atoms with Crippen LogP contribution in [0.15, 0.2) is 24.3 Å². The fourth-order valence-electron chi connectivity index (χ4n) is 3.03. The van der Waals surface area contributed by atoms with Crippen LogP contribution in [0.3, 0.4) is 0 Å². The molecule has 1 fully saturated rings. The lowest BCUT2D eigenvalue weighted by atomic mass is 9.95. The fourth-order valence-corrected chi connectivity index (χ4v) is 3.03. The molecule has 0 saturated carbocycles. The maximum atomic E-state index is 12.2. The zero-order valence-corrected chi connectivity index (χ0v) is 14.7. The van der Waals surface area contributed by atoms with Crippen LogP contribution in [-0.4, -0.2) is 24.5 Å². The molecule has 1 aliphatic rings. The van der Waals surface area contributed by atoms with Crippen molar-refractivity contribution in [1.29, 1.82) is 0 Å². The lowest BCUT2D eigenvalue weighted by Gasteiger charge is -2.29. The molecule has 22 heavy (non-hydrogen) atoms. The second-order valence-electron chi connectivity index (χ2n) is 6.34. The van der Waals surface area contributed by atoms with Crippen molar-refractivity contribution in [2.75, 3.05) is 6.54 Å². The quantitative estimate of drug-likeness (QED) is 0.871. The van der Waals surface area contributed by atoms with Gasteiger partial charge in [0.2, 0.25) is 5.91 Å². The first-order valence-electron chi connectivity index (χ1n) is 8.20. The van der Waals surface area contributed by atoms with Crippen LogP contribution in [0.25, 0.3) is 0 Å². The maximum absolute atomic E-state index is 12.2. The zero-order valence-electron chi connectivity index (χ0n) is 13.9. The van der Waals surface area contributed by atoms with E-state index in [2.05, 4.69) is 55.7 Å². The number of nitrogens with one attached hydrogen (secondary N) is 2. The highest BCUT2D eigenvalue weighted by Crippen LogP contribution is 2.20. The van der Waals surface area contributed by atoms with Gasteiger partial charge in [-0.25, -0.2) is 0 Å². The van der Waals surface area contributed by atoms with Gasteiger partial charge >= 0.3 is 0 Å². The molecule has 1 aromatic carbocycles. The lowest BCUT2D eigenvalue weighted by molar-refractivity contribution is -0.122. The van der Waals surface area contributed by atoms with E-state index < -0.39 is 0 Å². The Balaban J connectivity index is 0.00000242. The molecule has 4 heteroatoms. The number of hydrogen-bond acceptors (Lipinski definition) is 2. The number of halogens is 1. The van der Waals surface area contributed by atoms with Crippen molar-refractivity contribution in [3.63, 3.8) is 0 Å². The molecule has 3 atom stereocenters. The summed E-state index contributed by atoms with van der Waals surface area (Å²) in [7, 11) is 0. The molecule has 2 N–H and O–H groups in total. The Morgan fingerprint density at radius 2 is 2.05 bits per heavy atom. The van der Waals surface area contributed by atoms with Crippen LogP contribution in [0.2, 0.25) is 0 Å². The summed E-state index contributed by atoms with van der Waals surface area (Å²) < 4.78 is 0. The summed E-state index contributed by atoms with van der Waals surface area (Å²) >= 11 is 0. The Morgan fingerprint density at radius 1 is 1.36 bits per heavy atom. The fraction of sp³-hybridized carbons (Fsp3) is 0.611. The minimum atomic E-state index is 0. The van der Waals surface area contributed by atoms with Gasteiger partial charge in [-0.15, -0.1) is 12.4 Å². The van der Waals surface area contributed by atoms with Crippen LogP contribution in [-0.2, 0) is 11.2 Å². The number of piperidine rings is 1. The number of aryl methyl sites for hydroxylation is 1. The monoisotopic (exact) mass is 324 g/mol. The van der Waals surface area contributed by atoms with E-state index in [1.807, 2.05) is 0 Å². The van der Waals surface area contributed by atoms with Crippen LogP contribution in [0.1, 0.15) is 57.1 Å². The molecule has 0 bridgehead atoms. The predicted octanol–water partition coefficient (Wildman–Crippen LogP) is 3.42. The van der Waals surface area contributed by atoms with Crippen molar-refractivity contribution in [3.8, 4) is 0 Å². The number of rotatable bonds is 5. The molecule has 124 valence electrons. The van der Waals surface area contributed by atoms with Gasteiger partial charge < -0.3 is 10.6 Å². The van der Waals surface area contributed by atoms with Crippen molar-refractivity contribution in [3.05, 3.63) is 35.4 Å². The molecule has 3 nitrogen and oxygen atoms in total. The van der Waals surface area contributed by atoms with Crippen LogP contribution >= 0.6 is 12.4 Å². The summed E-state index contributed by atoms with van der Waals surface area (Å²) in [5.41, 5.74) is 2.60. The van der Waals surface area contributed by atoms with E-state index in [9.17, 15) is 4.79 Å². The SMILES string of the molecule is CCc1ccc(C(C)CC(=O)NC2CCNC(C)C2)cc1.Cl. The average Bonchev–Trinajstić information content (AvgIpc) is 2.47. The molecular formula is C18H29ClN2O. The number of benzene rings is 1. The van der Waals surface area contributed by atoms with Gasteiger partial charge in [-0.1, -0.05) is 38.1 Å². The van der Waals surface area contributed by atoms with Crippen molar-refractivity contribution in [2.24, 2.45) is 0 Å². The topological polar surface area (TPSA) is 41.1 Å². The van der Waals surface area contributed by atoms with Crippen molar-refractivity contribution < 1.29 is 4.79 Å². The molecule has 3 unspecified atom stereocenters. The summed E-state index contributed by atoms with van der Waals surface area (Å²) in [5.74, 6) is 0.455. The van der Waals surface area contributed by atoms with Crippen LogP contribution in [0.5, 0.6) is 0 Å². The van der Waals surface area contributed by atoms with Crippen molar-refractivity contribution >= 4 is 18.3 Å². The van der Waals surface area contributed by atoms with Crippen LogP contribution in [0.4, 0.5) is 0 Å². The molecule has 1 saturated heterocycles. The Kier molecular flexibility index (Phi) is 7.91. The summed E-state index contributed by atoms with van der Waals surface area (Å²) in [6, 6.07) is 9.48. The van der Waals surface area contributed by atoms with Crippen molar-refractivity contribution in [1.82, 2.24) is 10.6 Å². The van der Waals surface area contributed by atoms with Gasteiger partial charge in [0.1, 0.15) is 0 Å². The second kappa shape index (κ2) is 9.16.